The minimum Gasteiger partial charge on any atom is -0.493 e. The number of halogens is 1. The average Bonchev–Trinajstić information content (AvgIpc) is 3.55. The first-order valence-corrected chi connectivity index (χ1v) is 11.3. The van der Waals surface area contributed by atoms with Gasteiger partial charge in [-0.25, -0.2) is 0 Å². The van der Waals surface area contributed by atoms with Crippen molar-refractivity contribution in [2.24, 2.45) is 0 Å². The Labute approximate surface area is 203 Å². The summed E-state index contributed by atoms with van der Waals surface area (Å²) in [4.78, 5) is 15.2. The molecule has 1 fully saturated rings. The fourth-order valence-corrected chi connectivity index (χ4v) is 4.11. The summed E-state index contributed by atoms with van der Waals surface area (Å²) >= 11 is 5.97. The van der Waals surface area contributed by atoms with E-state index >= 15 is 0 Å². The zero-order chi connectivity index (χ0) is 24.1. The Hall–Kier alpha value is -3.23. The molecule has 9 heteroatoms. The number of nitrogens with zero attached hydrogens (tertiary/aromatic N) is 2. The second-order valence-corrected chi connectivity index (χ2v) is 8.37. The molecule has 1 aliphatic rings. The summed E-state index contributed by atoms with van der Waals surface area (Å²) in [6.45, 7) is 1.43. The fourth-order valence-electron chi connectivity index (χ4n) is 3.99. The zero-order valence-corrected chi connectivity index (χ0v) is 20.1. The maximum Gasteiger partial charge on any atom is 0.276 e. The molecule has 0 N–H and O–H groups in total. The first-order valence-electron chi connectivity index (χ1n) is 10.9. The lowest BCUT2D eigenvalue weighted by molar-refractivity contribution is 0.0499. The van der Waals surface area contributed by atoms with Crippen LogP contribution in [0.3, 0.4) is 0 Å². The summed E-state index contributed by atoms with van der Waals surface area (Å²) in [5, 5.41) is 4.66. The Bertz CT molecular complexity index is 1100. The van der Waals surface area contributed by atoms with Crippen LogP contribution < -0.4 is 14.2 Å². The van der Waals surface area contributed by atoms with Gasteiger partial charge in [0.1, 0.15) is 0 Å². The molecule has 180 valence electrons. The highest BCUT2D eigenvalue weighted by Gasteiger charge is 2.27. The van der Waals surface area contributed by atoms with E-state index < -0.39 is 0 Å². The third-order valence-corrected chi connectivity index (χ3v) is 5.94. The van der Waals surface area contributed by atoms with Crippen LogP contribution in [0.15, 0.2) is 47.0 Å². The largest absolute Gasteiger partial charge is 0.493 e. The maximum atomic E-state index is 13.5. The molecule has 0 saturated carbocycles. The summed E-state index contributed by atoms with van der Waals surface area (Å²) in [7, 11) is 4.67. The second kappa shape index (κ2) is 10.8. The van der Waals surface area contributed by atoms with E-state index in [1.54, 1.807) is 44.4 Å². The molecule has 0 aliphatic carbocycles. The van der Waals surface area contributed by atoms with Gasteiger partial charge in [-0.3, -0.25) is 4.79 Å². The molecule has 1 saturated heterocycles. The van der Waals surface area contributed by atoms with Crippen molar-refractivity contribution < 1.29 is 28.3 Å². The third kappa shape index (κ3) is 5.29. The lowest BCUT2D eigenvalue weighted by Gasteiger charge is -2.25. The van der Waals surface area contributed by atoms with Gasteiger partial charge in [0.25, 0.3) is 5.91 Å². The summed E-state index contributed by atoms with van der Waals surface area (Å²) in [6, 6.07) is 12.5. The SMILES string of the molecule is COc1cc(CN(C[C@H]2CCCO2)C(=O)c2cc(-c3ccc(Cl)cc3)on2)cc(OC)c1OC. The number of benzene rings is 2. The van der Waals surface area contributed by atoms with Crippen LogP contribution in [0.1, 0.15) is 28.9 Å². The van der Waals surface area contributed by atoms with Gasteiger partial charge in [-0.05, 0) is 54.8 Å². The minimum absolute atomic E-state index is 0.0337. The molecule has 34 heavy (non-hydrogen) atoms. The average molecular weight is 487 g/mol. The topological polar surface area (TPSA) is 83.3 Å². The molecule has 4 rings (SSSR count). The van der Waals surface area contributed by atoms with Crippen LogP contribution in [0.5, 0.6) is 17.2 Å². The molecular weight excluding hydrogens is 460 g/mol. The van der Waals surface area contributed by atoms with Crippen LogP contribution in [0.4, 0.5) is 0 Å². The lowest BCUT2D eigenvalue weighted by Crippen LogP contribution is -2.37. The summed E-state index contributed by atoms with van der Waals surface area (Å²) in [6.07, 6.45) is 1.84. The van der Waals surface area contributed by atoms with Gasteiger partial charge in [-0.15, -0.1) is 0 Å². The molecule has 3 aromatic rings. The number of rotatable bonds is 9. The number of hydrogen-bond donors (Lipinski definition) is 0. The number of carbonyl (C=O) groups excluding carboxylic acids is 1. The lowest BCUT2D eigenvalue weighted by atomic mass is 10.1. The first-order chi connectivity index (χ1) is 16.5. The van der Waals surface area contributed by atoms with Crippen LogP contribution in [0.2, 0.25) is 5.02 Å². The van der Waals surface area contributed by atoms with Crippen LogP contribution in [0, 0.1) is 0 Å². The van der Waals surface area contributed by atoms with Gasteiger partial charge < -0.3 is 28.4 Å². The van der Waals surface area contributed by atoms with Crippen molar-refractivity contribution in [3.63, 3.8) is 0 Å². The number of ether oxygens (including phenoxy) is 4. The molecule has 0 unspecified atom stereocenters. The number of hydrogen-bond acceptors (Lipinski definition) is 7. The van der Waals surface area contributed by atoms with Crippen molar-refractivity contribution in [1.82, 2.24) is 10.1 Å². The van der Waals surface area contributed by atoms with E-state index in [1.807, 2.05) is 24.3 Å². The summed E-state index contributed by atoms with van der Waals surface area (Å²) in [5.41, 5.74) is 1.82. The third-order valence-electron chi connectivity index (χ3n) is 5.69. The van der Waals surface area contributed by atoms with Gasteiger partial charge in [-0.1, -0.05) is 16.8 Å². The molecule has 0 radical (unpaired) electrons. The number of methoxy groups -OCH3 is 3. The monoisotopic (exact) mass is 486 g/mol. The number of amides is 1. The molecule has 2 aromatic carbocycles. The van der Waals surface area contributed by atoms with Gasteiger partial charge >= 0.3 is 0 Å². The summed E-state index contributed by atoms with van der Waals surface area (Å²) < 4.78 is 27.6. The predicted octanol–water partition coefficient (Wildman–Crippen LogP) is 4.84. The normalized spacial score (nSPS) is 15.2. The zero-order valence-electron chi connectivity index (χ0n) is 19.4. The fraction of sp³-hybridized carbons (Fsp3) is 0.360. The van der Waals surface area contributed by atoms with Crippen molar-refractivity contribution >= 4 is 17.5 Å². The van der Waals surface area contributed by atoms with Gasteiger partial charge in [0.05, 0.1) is 27.4 Å². The Morgan fingerprint density at radius 1 is 1.09 bits per heavy atom. The maximum absolute atomic E-state index is 13.5. The Balaban J connectivity index is 1.61. The molecule has 0 spiro atoms. The van der Waals surface area contributed by atoms with Gasteiger partial charge in [0, 0.05) is 36.3 Å². The smallest absolute Gasteiger partial charge is 0.276 e. The first kappa shape index (κ1) is 23.9. The highest BCUT2D eigenvalue weighted by atomic mass is 35.5. The molecule has 8 nitrogen and oxygen atoms in total. The Morgan fingerprint density at radius 2 is 1.79 bits per heavy atom. The van der Waals surface area contributed by atoms with E-state index in [0.717, 1.165) is 24.0 Å². The number of aromatic nitrogens is 1. The molecule has 1 aliphatic heterocycles. The molecule has 1 amide bonds. The van der Waals surface area contributed by atoms with E-state index in [2.05, 4.69) is 5.16 Å². The molecule has 1 atom stereocenters. The molecule has 0 bridgehead atoms. The van der Waals surface area contributed by atoms with E-state index in [-0.39, 0.29) is 17.7 Å². The highest BCUT2D eigenvalue weighted by Crippen LogP contribution is 2.38. The van der Waals surface area contributed by atoms with Crippen LogP contribution in [-0.4, -0.2) is 56.5 Å². The van der Waals surface area contributed by atoms with Crippen molar-refractivity contribution in [1.29, 1.82) is 0 Å². The standard InChI is InChI=1S/C25H27ClN2O6/c1-30-22-11-16(12-23(31-2)24(22)32-3)14-28(15-19-5-4-10-33-19)25(29)20-13-21(34-27-20)17-6-8-18(26)9-7-17/h6-9,11-13,19H,4-5,10,14-15H2,1-3H3/t19-/m1/s1. The van der Waals surface area contributed by atoms with Gasteiger partial charge in [0.15, 0.2) is 23.0 Å². The number of carbonyl (C=O) groups is 1. The highest BCUT2D eigenvalue weighted by molar-refractivity contribution is 6.30. The van der Waals surface area contributed by atoms with E-state index in [9.17, 15) is 4.79 Å². The minimum atomic E-state index is -0.256. The van der Waals surface area contributed by atoms with Crippen molar-refractivity contribution in [3.05, 3.63) is 58.7 Å². The second-order valence-electron chi connectivity index (χ2n) is 7.94. The van der Waals surface area contributed by atoms with Crippen molar-refractivity contribution in [3.8, 4) is 28.6 Å². The van der Waals surface area contributed by atoms with E-state index in [0.29, 0.717) is 47.7 Å². The molecular formula is C25H27ClN2O6. The van der Waals surface area contributed by atoms with E-state index in [1.165, 1.54) is 0 Å². The summed E-state index contributed by atoms with van der Waals surface area (Å²) in [5.74, 6) is 1.77. The predicted molar refractivity (Wildman–Crippen MR) is 127 cm³/mol. The Kier molecular flexibility index (Phi) is 7.59. The van der Waals surface area contributed by atoms with Crippen LogP contribution >= 0.6 is 11.6 Å². The van der Waals surface area contributed by atoms with Crippen LogP contribution in [-0.2, 0) is 11.3 Å². The van der Waals surface area contributed by atoms with Gasteiger partial charge in [0.2, 0.25) is 5.75 Å². The van der Waals surface area contributed by atoms with Crippen molar-refractivity contribution in [2.45, 2.75) is 25.5 Å². The van der Waals surface area contributed by atoms with Crippen molar-refractivity contribution in [2.75, 3.05) is 34.5 Å². The van der Waals surface area contributed by atoms with Crippen LogP contribution in [0.25, 0.3) is 11.3 Å². The quantitative estimate of drug-likeness (QED) is 0.428. The molecule has 2 heterocycles. The van der Waals surface area contributed by atoms with E-state index in [4.69, 9.17) is 35.1 Å². The Morgan fingerprint density at radius 3 is 2.38 bits per heavy atom. The van der Waals surface area contributed by atoms with Gasteiger partial charge in [-0.2, -0.15) is 0 Å². The molecule has 1 aromatic heterocycles.